The second-order valence-electron chi connectivity index (χ2n) is 4.96. The predicted molar refractivity (Wildman–Crippen MR) is 66.4 cm³/mol. The highest BCUT2D eigenvalue weighted by Crippen LogP contribution is 2.19. The molecule has 1 unspecified atom stereocenters. The molecule has 0 heterocycles. The minimum Gasteiger partial charge on any atom is -0.0911 e. The number of hydrogen-bond acceptors (Lipinski definition) is 0. The molecule has 0 fully saturated rings. The average molecular weight is 194 g/mol. The number of hydrogen-bond donors (Lipinski definition) is 0. The predicted octanol–water partition coefficient (Wildman–Crippen LogP) is 4.83. The van der Waals surface area contributed by atoms with Crippen LogP contribution in [0.2, 0.25) is 0 Å². The topological polar surface area (TPSA) is 0 Å². The molecule has 0 aliphatic rings. The van der Waals surface area contributed by atoms with E-state index in [2.05, 4.69) is 59.8 Å². The summed E-state index contributed by atoms with van der Waals surface area (Å²) in [5, 5.41) is 0. The summed E-state index contributed by atoms with van der Waals surface area (Å²) in [6, 6.07) is 0. The lowest BCUT2D eigenvalue weighted by Gasteiger charge is -2.14. The van der Waals surface area contributed by atoms with Crippen molar-refractivity contribution < 1.29 is 0 Å². The second-order valence-corrected chi connectivity index (χ2v) is 4.96. The zero-order valence-corrected chi connectivity index (χ0v) is 10.7. The van der Waals surface area contributed by atoms with E-state index in [4.69, 9.17) is 0 Å². The molecule has 0 saturated heterocycles. The highest BCUT2D eigenvalue weighted by atomic mass is 14.1. The van der Waals surface area contributed by atoms with Gasteiger partial charge in [0.25, 0.3) is 0 Å². The van der Waals surface area contributed by atoms with Gasteiger partial charge < -0.3 is 0 Å². The van der Waals surface area contributed by atoms with Gasteiger partial charge in [0.05, 0.1) is 0 Å². The van der Waals surface area contributed by atoms with Crippen LogP contribution in [-0.4, -0.2) is 0 Å². The van der Waals surface area contributed by atoms with Crippen LogP contribution < -0.4 is 0 Å². The van der Waals surface area contributed by atoms with Gasteiger partial charge in [0.15, 0.2) is 0 Å². The van der Waals surface area contributed by atoms with Crippen molar-refractivity contribution >= 4 is 0 Å². The smallest absolute Gasteiger partial charge is 0.00280 e. The summed E-state index contributed by atoms with van der Waals surface area (Å²) in [6.07, 6.45) is 8.10. The van der Waals surface area contributed by atoms with Crippen LogP contribution in [0.5, 0.6) is 0 Å². The molecule has 0 bridgehead atoms. The molecule has 0 amide bonds. The molecular weight excluding hydrogens is 168 g/mol. The Hall–Kier alpha value is -0.520. The molecule has 0 aliphatic heterocycles. The van der Waals surface area contributed by atoms with Crippen LogP contribution in [-0.2, 0) is 0 Å². The Morgan fingerprint density at radius 2 is 1.71 bits per heavy atom. The van der Waals surface area contributed by atoms with E-state index in [-0.39, 0.29) is 0 Å². The maximum absolute atomic E-state index is 2.42. The van der Waals surface area contributed by atoms with Crippen molar-refractivity contribution in [3.8, 4) is 0 Å². The van der Waals surface area contributed by atoms with Crippen molar-refractivity contribution in [2.75, 3.05) is 0 Å². The second kappa shape index (κ2) is 6.86. The quantitative estimate of drug-likeness (QED) is 0.550. The summed E-state index contributed by atoms with van der Waals surface area (Å²) < 4.78 is 0. The van der Waals surface area contributed by atoms with Crippen molar-refractivity contribution in [2.24, 2.45) is 17.8 Å². The molecule has 0 aliphatic carbocycles. The van der Waals surface area contributed by atoms with Gasteiger partial charge in [0.2, 0.25) is 0 Å². The Balaban J connectivity index is 4.39. The third kappa shape index (κ3) is 6.01. The van der Waals surface area contributed by atoms with E-state index in [1.165, 1.54) is 12.0 Å². The summed E-state index contributed by atoms with van der Waals surface area (Å²) in [7, 11) is 0. The lowest BCUT2D eigenvalue weighted by Crippen LogP contribution is -2.03. The van der Waals surface area contributed by atoms with Gasteiger partial charge >= 0.3 is 0 Å². The van der Waals surface area contributed by atoms with E-state index < -0.39 is 0 Å². The molecule has 14 heavy (non-hydrogen) atoms. The Labute approximate surface area is 90.1 Å². The van der Waals surface area contributed by atoms with Crippen LogP contribution in [0.25, 0.3) is 0 Å². The molecule has 0 aromatic carbocycles. The first-order chi connectivity index (χ1) is 6.47. The van der Waals surface area contributed by atoms with Crippen molar-refractivity contribution in [1.82, 2.24) is 0 Å². The van der Waals surface area contributed by atoms with Gasteiger partial charge in [-0.3, -0.25) is 0 Å². The van der Waals surface area contributed by atoms with Gasteiger partial charge in [-0.2, -0.15) is 0 Å². The molecule has 0 saturated carbocycles. The summed E-state index contributed by atoms with van der Waals surface area (Å²) in [6.45, 7) is 13.5. The molecule has 0 nitrogen and oxygen atoms in total. The zero-order valence-electron chi connectivity index (χ0n) is 10.7. The molecule has 0 N–H and O–H groups in total. The lowest BCUT2D eigenvalue weighted by molar-refractivity contribution is 0.541. The molecule has 0 heteroatoms. The first-order valence-electron chi connectivity index (χ1n) is 5.77. The normalized spacial score (nSPS) is 15.9. The van der Waals surface area contributed by atoms with E-state index >= 15 is 0 Å². The van der Waals surface area contributed by atoms with Gasteiger partial charge in [-0.1, -0.05) is 51.5 Å². The highest BCUT2D eigenvalue weighted by Gasteiger charge is 2.07. The monoisotopic (exact) mass is 194 g/mol. The molecule has 0 aromatic rings. The first-order valence-corrected chi connectivity index (χ1v) is 5.77. The van der Waals surface area contributed by atoms with Gasteiger partial charge in [0.1, 0.15) is 0 Å². The Bertz CT molecular complexity index is 194. The molecule has 0 aromatic heterocycles. The molecule has 82 valence electrons. The summed E-state index contributed by atoms with van der Waals surface area (Å²) >= 11 is 0. The number of allylic oxidation sites excluding steroid dienone is 4. The van der Waals surface area contributed by atoms with Gasteiger partial charge in [-0.05, 0) is 38.0 Å². The average Bonchev–Trinajstić information content (AvgIpc) is 2.01. The van der Waals surface area contributed by atoms with E-state index in [0.29, 0.717) is 11.8 Å². The zero-order chi connectivity index (χ0) is 11.1. The first kappa shape index (κ1) is 13.5. The van der Waals surface area contributed by atoms with Crippen LogP contribution in [0.3, 0.4) is 0 Å². The van der Waals surface area contributed by atoms with Crippen LogP contribution >= 0.6 is 0 Å². The van der Waals surface area contributed by atoms with Gasteiger partial charge in [0, 0.05) is 0 Å². The van der Waals surface area contributed by atoms with Gasteiger partial charge in [-0.25, -0.2) is 0 Å². The van der Waals surface area contributed by atoms with Crippen LogP contribution in [0, 0.1) is 17.8 Å². The molecule has 0 spiro atoms. The lowest BCUT2D eigenvalue weighted by atomic mass is 9.91. The third-order valence-corrected chi connectivity index (χ3v) is 2.39. The van der Waals surface area contributed by atoms with Crippen LogP contribution in [0.1, 0.15) is 48.0 Å². The highest BCUT2D eigenvalue weighted by molar-refractivity contribution is 5.08. The summed E-state index contributed by atoms with van der Waals surface area (Å²) in [4.78, 5) is 0. The van der Waals surface area contributed by atoms with Crippen molar-refractivity contribution in [3.63, 3.8) is 0 Å². The number of rotatable bonds is 5. The van der Waals surface area contributed by atoms with E-state index in [1.54, 1.807) is 0 Å². The molecule has 0 radical (unpaired) electrons. The fourth-order valence-corrected chi connectivity index (χ4v) is 1.73. The summed E-state index contributed by atoms with van der Waals surface area (Å²) in [5.41, 5.74) is 1.52. The Morgan fingerprint density at radius 1 is 1.14 bits per heavy atom. The largest absolute Gasteiger partial charge is 0.0911 e. The Morgan fingerprint density at radius 3 is 2.07 bits per heavy atom. The maximum Gasteiger partial charge on any atom is -0.00280 e. The fourth-order valence-electron chi connectivity index (χ4n) is 1.73. The van der Waals surface area contributed by atoms with Crippen LogP contribution in [0.4, 0.5) is 0 Å². The minimum absolute atomic E-state index is 0.610. The molecule has 1 atom stereocenters. The SMILES string of the molecule is CC=CC(C=C(C)CC(C)C)C(C)C. The van der Waals surface area contributed by atoms with E-state index in [0.717, 1.165) is 5.92 Å². The molecule has 0 rings (SSSR count). The van der Waals surface area contributed by atoms with Crippen molar-refractivity contribution in [2.45, 2.75) is 48.0 Å². The van der Waals surface area contributed by atoms with Crippen molar-refractivity contribution in [1.29, 1.82) is 0 Å². The molecular formula is C14H26. The van der Waals surface area contributed by atoms with Gasteiger partial charge in [-0.15, -0.1) is 0 Å². The standard InChI is InChI=1S/C14H26/c1-7-8-14(12(4)5)10-13(6)9-11(2)3/h7-8,10-12,14H,9H2,1-6H3. The fraction of sp³-hybridized carbons (Fsp3) is 0.714. The minimum atomic E-state index is 0.610. The van der Waals surface area contributed by atoms with Crippen molar-refractivity contribution in [3.05, 3.63) is 23.8 Å². The van der Waals surface area contributed by atoms with E-state index in [9.17, 15) is 0 Å². The maximum atomic E-state index is 2.42. The van der Waals surface area contributed by atoms with Crippen LogP contribution in [0.15, 0.2) is 23.8 Å². The third-order valence-electron chi connectivity index (χ3n) is 2.39. The summed E-state index contributed by atoms with van der Waals surface area (Å²) in [5.74, 6) is 2.08. The van der Waals surface area contributed by atoms with E-state index in [1.807, 2.05) is 0 Å². The Kier molecular flexibility index (Phi) is 6.61.